The number of nitrogens with two attached hydrogens (primary N) is 1. The number of hydrogen-bond donors (Lipinski definition) is 3. The molecule has 10 heteroatoms. The number of nitrogens with zero attached hydrogens (tertiary/aromatic N) is 1. The summed E-state index contributed by atoms with van der Waals surface area (Å²) in [6.07, 6.45) is 3.19. The van der Waals surface area contributed by atoms with Crippen LogP contribution in [0.15, 0.2) is 29.2 Å². The number of halogens is 1. The summed E-state index contributed by atoms with van der Waals surface area (Å²) in [4.78, 5) is 25.7. The Morgan fingerprint density at radius 2 is 2.00 bits per heavy atom. The van der Waals surface area contributed by atoms with Crippen molar-refractivity contribution in [2.24, 2.45) is 5.73 Å². The SMILES string of the molecule is Cl.NCCNS(=O)(=O)c1cccc(NC(=O)CN2CCCCCC2=O)c1. The van der Waals surface area contributed by atoms with Gasteiger partial charge in [0.1, 0.15) is 0 Å². The Bertz CT molecular complexity index is 727. The zero-order valence-corrected chi connectivity index (χ0v) is 16.1. The van der Waals surface area contributed by atoms with E-state index < -0.39 is 10.0 Å². The first-order chi connectivity index (χ1) is 11.9. The minimum absolute atomic E-state index is 0. The van der Waals surface area contributed by atoms with Crippen LogP contribution in [0.25, 0.3) is 0 Å². The van der Waals surface area contributed by atoms with E-state index in [0.717, 1.165) is 19.3 Å². The van der Waals surface area contributed by atoms with Crippen LogP contribution in [0.2, 0.25) is 0 Å². The fourth-order valence-electron chi connectivity index (χ4n) is 2.60. The largest absolute Gasteiger partial charge is 0.333 e. The Hall–Kier alpha value is -1.68. The van der Waals surface area contributed by atoms with Gasteiger partial charge in [0.2, 0.25) is 21.8 Å². The fraction of sp³-hybridized carbons (Fsp3) is 0.500. The van der Waals surface area contributed by atoms with Gasteiger partial charge in [-0.05, 0) is 31.0 Å². The molecule has 4 N–H and O–H groups in total. The summed E-state index contributed by atoms with van der Waals surface area (Å²) in [6, 6.07) is 5.96. The van der Waals surface area contributed by atoms with E-state index >= 15 is 0 Å². The highest BCUT2D eigenvalue weighted by molar-refractivity contribution is 7.89. The van der Waals surface area contributed by atoms with E-state index in [-0.39, 0.29) is 48.8 Å². The molecule has 8 nitrogen and oxygen atoms in total. The summed E-state index contributed by atoms with van der Waals surface area (Å²) in [6.45, 7) is 0.875. The van der Waals surface area contributed by atoms with Gasteiger partial charge in [0.05, 0.1) is 11.4 Å². The topological polar surface area (TPSA) is 122 Å². The van der Waals surface area contributed by atoms with Crippen molar-refractivity contribution in [1.29, 1.82) is 0 Å². The molecule has 0 saturated carbocycles. The molecule has 2 amide bonds. The molecule has 1 heterocycles. The molecule has 1 aromatic rings. The molecule has 1 saturated heterocycles. The van der Waals surface area contributed by atoms with Crippen LogP contribution in [0.4, 0.5) is 5.69 Å². The van der Waals surface area contributed by atoms with Crippen LogP contribution < -0.4 is 15.8 Å². The zero-order chi connectivity index (χ0) is 18.3. The van der Waals surface area contributed by atoms with Crippen molar-refractivity contribution in [2.45, 2.75) is 30.6 Å². The van der Waals surface area contributed by atoms with Crippen molar-refractivity contribution in [3.8, 4) is 0 Å². The maximum atomic E-state index is 12.2. The number of carbonyl (C=O) groups excluding carboxylic acids is 2. The van der Waals surface area contributed by atoms with E-state index in [1.807, 2.05) is 0 Å². The number of sulfonamides is 1. The number of anilines is 1. The monoisotopic (exact) mass is 404 g/mol. The van der Waals surface area contributed by atoms with Gasteiger partial charge in [0.25, 0.3) is 0 Å². The lowest BCUT2D eigenvalue weighted by Gasteiger charge is -2.19. The minimum Gasteiger partial charge on any atom is -0.333 e. The van der Waals surface area contributed by atoms with Gasteiger partial charge in [-0.15, -0.1) is 12.4 Å². The third-order valence-electron chi connectivity index (χ3n) is 3.87. The van der Waals surface area contributed by atoms with Crippen LogP contribution in [0.1, 0.15) is 25.7 Å². The maximum absolute atomic E-state index is 12.2. The van der Waals surface area contributed by atoms with Gasteiger partial charge < -0.3 is 16.0 Å². The summed E-state index contributed by atoms with van der Waals surface area (Å²) >= 11 is 0. The van der Waals surface area contributed by atoms with E-state index in [0.29, 0.717) is 18.7 Å². The molecule has 0 spiro atoms. The summed E-state index contributed by atoms with van der Waals surface area (Å²) < 4.78 is 26.6. The van der Waals surface area contributed by atoms with E-state index in [4.69, 9.17) is 5.73 Å². The summed E-state index contributed by atoms with van der Waals surface area (Å²) in [5.41, 5.74) is 5.67. The maximum Gasteiger partial charge on any atom is 0.243 e. The summed E-state index contributed by atoms with van der Waals surface area (Å²) in [5, 5.41) is 2.65. The van der Waals surface area contributed by atoms with E-state index in [1.54, 1.807) is 17.0 Å². The molecule has 1 aromatic carbocycles. The lowest BCUT2D eigenvalue weighted by molar-refractivity contribution is -0.134. The number of hydrogen-bond acceptors (Lipinski definition) is 5. The van der Waals surface area contributed by atoms with E-state index in [2.05, 4.69) is 10.0 Å². The van der Waals surface area contributed by atoms with Crippen molar-refractivity contribution in [3.63, 3.8) is 0 Å². The van der Waals surface area contributed by atoms with Crippen molar-refractivity contribution in [3.05, 3.63) is 24.3 Å². The Balaban J connectivity index is 0.00000338. The molecule has 0 atom stereocenters. The minimum atomic E-state index is -3.67. The van der Waals surface area contributed by atoms with Crippen molar-refractivity contribution >= 4 is 39.9 Å². The van der Waals surface area contributed by atoms with Crippen molar-refractivity contribution in [2.75, 3.05) is 31.5 Å². The summed E-state index contributed by atoms with van der Waals surface area (Å²) in [7, 11) is -3.67. The molecule has 1 fully saturated rings. The predicted octanol–water partition coefficient (Wildman–Crippen LogP) is 0.686. The third-order valence-corrected chi connectivity index (χ3v) is 5.33. The van der Waals surface area contributed by atoms with E-state index in [1.165, 1.54) is 12.1 Å². The molecule has 0 aliphatic carbocycles. The van der Waals surface area contributed by atoms with Crippen LogP contribution in [0.5, 0.6) is 0 Å². The molecule has 146 valence electrons. The fourth-order valence-corrected chi connectivity index (χ4v) is 3.69. The Morgan fingerprint density at radius 3 is 2.73 bits per heavy atom. The average molecular weight is 405 g/mol. The number of rotatable bonds is 7. The first-order valence-electron chi connectivity index (χ1n) is 8.30. The predicted molar refractivity (Wildman–Crippen MR) is 102 cm³/mol. The first-order valence-corrected chi connectivity index (χ1v) is 9.78. The van der Waals surface area contributed by atoms with E-state index in [9.17, 15) is 18.0 Å². The molecular weight excluding hydrogens is 380 g/mol. The molecule has 0 unspecified atom stereocenters. The van der Waals surface area contributed by atoms with Crippen LogP contribution in [0.3, 0.4) is 0 Å². The van der Waals surface area contributed by atoms with Gasteiger partial charge in [-0.2, -0.15) is 0 Å². The lowest BCUT2D eigenvalue weighted by Crippen LogP contribution is -2.37. The highest BCUT2D eigenvalue weighted by Crippen LogP contribution is 2.16. The van der Waals surface area contributed by atoms with Crippen molar-refractivity contribution < 1.29 is 18.0 Å². The van der Waals surface area contributed by atoms with Crippen LogP contribution in [-0.2, 0) is 19.6 Å². The second-order valence-corrected chi connectivity index (χ2v) is 7.66. The van der Waals surface area contributed by atoms with Gasteiger partial charge in [0.15, 0.2) is 0 Å². The first kappa shape index (κ1) is 22.4. The molecule has 1 aliphatic heterocycles. The number of benzene rings is 1. The standard InChI is InChI=1S/C16H24N4O4S.ClH/c17-8-9-18-25(23,24)14-6-4-5-13(11-14)19-15(21)12-20-10-3-1-2-7-16(20)22;/h4-6,11,18H,1-3,7-10,12,17H2,(H,19,21);1H. The third kappa shape index (κ3) is 6.56. The van der Waals surface area contributed by atoms with Crippen LogP contribution >= 0.6 is 12.4 Å². The van der Waals surface area contributed by atoms with Gasteiger partial charge in [-0.3, -0.25) is 9.59 Å². The Labute approximate surface area is 160 Å². The molecule has 0 bridgehead atoms. The quantitative estimate of drug-likeness (QED) is 0.617. The smallest absolute Gasteiger partial charge is 0.243 e. The number of carbonyl (C=O) groups is 2. The molecule has 2 rings (SSSR count). The van der Waals surface area contributed by atoms with Gasteiger partial charge in [-0.25, -0.2) is 13.1 Å². The zero-order valence-electron chi connectivity index (χ0n) is 14.4. The highest BCUT2D eigenvalue weighted by atomic mass is 35.5. The number of nitrogens with one attached hydrogen (secondary N) is 2. The lowest BCUT2D eigenvalue weighted by atomic mass is 10.2. The van der Waals surface area contributed by atoms with Crippen LogP contribution in [0, 0.1) is 0 Å². The normalized spacial score (nSPS) is 15.1. The van der Waals surface area contributed by atoms with Crippen molar-refractivity contribution in [1.82, 2.24) is 9.62 Å². The molecule has 1 aliphatic rings. The number of likely N-dealkylation sites (tertiary alicyclic amines) is 1. The molecule has 26 heavy (non-hydrogen) atoms. The molecule has 0 aromatic heterocycles. The molecule has 0 radical (unpaired) electrons. The van der Waals surface area contributed by atoms with Gasteiger partial charge in [-0.1, -0.05) is 12.5 Å². The molecular formula is C16H25ClN4O4S. The van der Waals surface area contributed by atoms with Crippen LogP contribution in [-0.4, -0.2) is 51.3 Å². The highest BCUT2D eigenvalue weighted by Gasteiger charge is 2.20. The second-order valence-electron chi connectivity index (χ2n) is 5.89. The second kappa shape index (κ2) is 10.5. The average Bonchev–Trinajstić information content (AvgIpc) is 2.78. The van der Waals surface area contributed by atoms with Gasteiger partial charge in [0, 0.05) is 31.7 Å². The summed E-state index contributed by atoms with van der Waals surface area (Å²) in [5.74, 6) is -0.366. The number of amides is 2. The Morgan fingerprint density at radius 1 is 1.23 bits per heavy atom. The Kier molecular flexibility index (Phi) is 9.00. The van der Waals surface area contributed by atoms with Gasteiger partial charge >= 0.3 is 0 Å².